The molecule has 6 heteroatoms. The smallest absolute Gasteiger partial charge is 0.257 e. The maximum absolute atomic E-state index is 13.0. The van der Waals surface area contributed by atoms with Crippen LogP contribution >= 0.6 is 0 Å². The largest absolute Gasteiger partial charge is 0.484 e. The van der Waals surface area contributed by atoms with Crippen molar-refractivity contribution in [1.29, 1.82) is 0 Å². The van der Waals surface area contributed by atoms with Gasteiger partial charge in [0.05, 0.1) is 11.0 Å². The van der Waals surface area contributed by atoms with E-state index in [1.807, 2.05) is 35.9 Å². The van der Waals surface area contributed by atoms with Crippen molar-refractivity contribution in [3.63, 3.8) is 0 Å². The number of carbonyl (C=O) groups is 1. The number of imidazole rings is 1. The second-order valence-corrected chi connectivity index (χ2v) is 5.42. The van der Waals surface area contributed by atoms with Gasteiger partial charge in [0.2, 0.25) is 0 Å². The maximum atomic E-state index is 13.0. The summed E-state index contributed by atoms with van der Waals surface area (Å²) in [7, 11) is 1.96. The molecule has 0 radical (unpaired) electrons. The quantitative estimate of drug-likeness (QED) is 0.757. The number of benzene rings is 2. The molecule has 1 amide bonds. The van der Waals surface area contributed by atoms with Crippen LogP contribution in [0.4, 0.5) is 4.39 Å². The van der Waals surface area contributed by atoms with Crippen LogP contribution < -0.4 is 10.1 Å². The molecule has 0 unspecified atom stereocenters. The number of hydrogen-bond acceptors (Lipinski definition) is 3. The Morgan fingerprint density at radius 1 is 1.25 bits per heavy atom. The number of aryl methyl sites for hydroxylation is 1. The molecule has 5 nitrogen and oxygen atoms in total. The summed E-state index contributed by atoms with van der Waals surface area (Å²) in [5.74, 6) is 0.593. The van der Waals surface area contributed by atoms with Crippen molar-refractivity contribution < 1.29 is 13.9 Å². The summed E-state index contributed by atoms with van der Waals surface area (Å²) in [6.45, 7) is 0.314. The fourth-order valence-electron chi connectivity index (χ4n) is 2.49. The zero-order valence-electron chi connectivity index (χ0n) is 13.3. The van der Waals surface area contributed by atoms with Crippen LogP contribution in [-0.2, 0) is 18.3 Å². The SMILES string of the molecule is Cn1c(CCNC(=O)COc2cccc(F)c2)nc2ccccc21. The van der Waals surface area contributed by atoms with E-state index < -0.39 is 5.82 Å². The van der Waals surface area contributed by atoms with Gasteiger partial charge in [-0.25, -0.2) is 9.37 Å². The minimum atomic E-state index is -0.394. The zero-order valence-corrected chi connectivity index (χ0v) is 13.3. The Kier molecular flexibility index (Phi) is 4.74. The summed E-state index contributed by atoms with van der Waals surface area (Å²) >= 11 is 0. The predicted octanol–water partition coefficient (Wildman–Crippen LogP) is 2.45. The highest BCUT2D eigenvalue weighted by molar-refractivity contribution is 5.77. The van der Waals surface area contributed by atoms with E-state index in [2.05, 4.69) is 10.3 Å². The number of hydrogen-bond donors (Lipinski definition) is 1. The number of para-hydroxylation sites is 2. The number of carbonyl (C=O) groups excluding carboxylic acids is 1. The van der Waals surface area contributed by atoms with Gasteiger partial charge in [-0.1, -0.05) is 18.2 Å². The lowest BCUT2D eigenvalue weighted by atomic mass is 10.3. The van der Waals surface area contributed by atoms with E-state index in [4.69, 9.17) is 4.74 Å². The van der Waals surface area contributed by atoms with Crippen LogP contribution in [0, 0.1) is 5.82 Å². The Labute approximate surface area is 139 Å². The van der Waals surface area contributed by atoms with Crippen LogP contribution in [-0.4, -0.2) is 28.6 Å². The van der Waals surface area contributed by atoms with Crippen LogP contribution in [0.5, 0.6) is 5.75 Å². The molecule has 0 atom stereocenters. The number of amides is 1. The molecule has 0 spiro atoms. The third kappa shape index (κ3) is 3.71. The van der Waals surface area contributed by atoms with Crippen LogP contribution in [0.1, 0.15) is 5.82 Å². The molecule has 3 rings (SSSR count). The molecule has 0 saturated heterocycles. The van der Waals surface area contributed by atoms with E-state index >= 15 is 0 Å². The summed E-state index contributed by atoms with van der Waals surface area (Å²) in [5, 5.41) is 2.78. The number of aromatic nitrogens is 2. The van der Waals surface area contributed by atoms with Crippen molar-refractivity contribution in [3.8, 4) is 5.75 Å². The van der Waals surface area contributed by atoms with Gasteiger partial charge in [0.15, 0.2) is 6.61 Å². The molecule has 0 bridgehead atoms. The van der Waals surface area contributed by atoms with Gasteiger partial charge < -0.3 is 14.6 Å². The van der Waals surface area contributed by atoms with Gasteiger partial charge in [0.25, 0.3) is 5.91 Å². The average Bonchev–Trinajstić information content (AvgIpc) is 2.90. The summed E-state index contributed by atoms with van der Waals surface area (Å²) in [6.07, 6.45) is 0.622. The standard InChI is InChI=1S/C18H18FN3O2/c1-22-16-8-3-2-7-15(16)21-17(22)9-10-20-18(23)12-24-14-6-4-5-13(19)11-14/h2-8,11H,9-10,12H2,1H3,(H,20,23). The third-order valence-electron chi connectivity index (χ3n) is 3.72. The van der Waals surface area contributed by atoms with E-state index in [0.29, 0.717) is 18.7 Å². The van der Waals surface area contributed by atoms with Crippen LogP contribution in [0.15, 0.2) is 48.5 Å². The van der Waals surface area contributed by atoms with Crippen molar-refractivity contribution >= 4 is 16.9 Å². The molecule has 0 saturated carbocycles. The van der Waals surface area contributed by atoms with E-state index in [-0.39, 0.29) is 12.5 Å². The van der Waals surface area contributed by atoms with E-state index in [1.54, 1.807) is 6.07 Å². The fourth-order valence-corrected chi connectivity index (χ4v) is 2.49. The van der Waals surface area contributed by atoms with Crippen molar-refractivity contribution in [2.24, 2.45) is 7.05 Å². The van der Waals surface area contributed by atoms with Gasteiger partial charge in [-0.3, -0.25) is 4.79 Å². The second kappa shape index (κ2) is 7.12. The molecule has 1 heterocycles. The molecule has 3 aromatic rings. The highest BCUT2D eigenvalue weighted by Crippen LogP contribution is 2.14. The number of fused-ring (bicyclic) bond motifs is 1. The van der Waals surface area contributed by atoms with Gasteiger partial charge in [0.1, 0.15) is 17.4 Å². The molecule has 1 aromatic heterocycles. The lowest BCUT2D eigenvalue weighted by Crippen LogP contribution is -2.31. The first kappa shape index (κ1) is 16.0. The number of halogens is 1. The molecule has 124 valence electrons. The van der Waals surface area contributed by atoms with Crippen LogP contribution in [0.2, 0.25) is 0 Å². The van der Waals surface area contributed by atoms with Gasteiger partial charge in [-0.2, -0.15) is 0 Å². The summed E-state index contributed by atoms with van der Waals surface area (Å²) in [4.78, 5) is 16.3. The lowest BCUT2D eigenvalue weighted by molar-refractivity contribution is -0.123. The first-order chi connectivity index (χ1) is 11.6. The second-order valence-electron chi connectivity index (χ2n) is 5.42. The number of nitrogens with zero attached hydrogens (tertiary/aromatic N) is 2. The molecule has 2 aromatic carbocycles. The first-order valence-electron chi connectivity index (χ1n) is 7.69. The highest BCUT2D eigenvalue weighted by Gasteiger charge is 2.08. The lowest BCUT2D eigenvalue weighted by Gasteiger charge is -2.07. The molecule has 0 aliphatic heterocycles. The average molecular weight is 327 g/mol. The van der Waals surface area contributed by atoms with E-state index in [9.17, 15) is 9.18 Å². The maximum Gasteiger partial charge on any atom is 0.257 e. The summed E-state index contributed by atoms with van der Waals surface area (Å²) in [5.41, 5.74) is 2.00. The molecule has 24 heavy (non-hydrogen) atoms. The third-order valence-corrected chi connectivity index (χ3v) is 3.72. The summed E-state index contributed by atoms with van der Waals surface area (Å²) in [6, 6.07) is 13.6. The molecular formula is C18H18FN3O2. The van der Waals surface area contributed by atoms with Gasteiger partial charge in [-0.05, 0) is 24.3 Å². The van der Waals surface area contributed by atoms with Gasteiger partial charge in [-0.15, -0.1) is 0 Å². The van der Waals surface area contributed by atoms with Crippen molar-refractivity contribution in [2.45, 2.75) is 6.42 Å². The monoisotopic (exact) mass is 327 g/mol. The Morgan fingerprint density at radius 3 is 2.88 bits per heavy atom. The summed E-state index contributed by atoms with van der Waals surface area (Å²) < 4.78 is 20.3. The zero-order chi connectivity index (χ0) is 16.9. The van der Waals surface area contributed by atoms with Crippen LogP contribution in [0.3, 0.4) is 0 Å². The Balaban J connectivity index is 1.48. The topological polar surface area (TPSA) is 56.2 Å². The van der Waals surface area contributed by atoms with Crippen molar-refractivity contribution in [2.75, 3.05) is 13.2 Å². The molecule has 0 aliphatic rings. The minimum absolute atomic E-state index is 0.147. The number of rotatable bonds is 6. The van der Waals surface area contributed by atoms with E-state index in [0.717, 1.165) is 16.9 Å². The Bertz CT molecular complexity index is 860. The van der Waals surface area contributed by atoms with Gasteiger partial charge in [0, 0.05) is 26.1 Å². The predicted molar refractivity (Wildman–Crippen MR) is 89.3 cm³/mol. The molecule has 0 fully saturated rings. The minimum Gasteiger partial charge on any atom is -0.484 e. The number of nitrogens with one attached hydrogen (secondary N) is 1. The first-order valence-corrected chi connectivity index (χ1v) is 7.69. The molecular weight excluding hydrogens is 309 g/mol. The fraction of sp³-hybridized carbons (Fsp3) is 0.222. The highest BCUT2D eigenvalue weighted by atomic mass is 19.1. The molecule has 0 aliphatic carbocycles. The van der Waals surface area contributed by atoms with Crippen molar-refractivity contribution in [1.82, 2.24) is 14.9 Å². The van der Waals surface area contributed by atoms with Crippen LogP contribution in [0.25, 0.3) is 11.0 Å². The Hall–Kier alpha value is -2.89. The Morgan fingerprint density at radius 2 is 2.08 bits per heavy atom. The number of ether oxygens (including phenoxy) is 1. The van der Waals surface area contributed by atoms with E-state index in [1.165, 1.54) is 18.2 Å². The van der Waals surface area contributed by atoms with Crippen molar-refractivity contribution in [3.05, 3.63) is 60.2 Å². The van der Waals surface area contributed by atoms with Gasteiger partial charge >= 0.3 is 0 Å². The molecule has 1 N–H and O–H groups in total. The normalized spacial score (nSPS) is 10.8.